The topological polar surface area (TPSA) is 29.5 Å². The van der Waals surface area contributed by atoms with Crippen molar-refractivity contribution in [3.05, 3.63) is 0 Å². The van der Waals surface area contributed by atoms with E-state index in [1.807, 2.05) is 7.05 Å². The van der Waals surface area contributed by atoms with Crippen LogP contribution in [0.3, 0.4) is 0 Å². The van der Waals surface area contributed by atoms with Crippen molar-refractivity contribution in [2.45, 2.75) is 45.3 Å². The van der Waals surface area contributed by atoms with Crippen LogP contribution in [-0.2, 0) is 9.22 Å². The highest BCUT2D eigenvalue weighted by Gasteiger charge is 2.38. The number of nitrogens with zero attached hydrogens (tertiary/aromatic N) is 1. The number of amides is 1. The Bertz CT molecular complexity index is 271. The highest BCUT2D eigenvalue weighted by molar-refractivity contribution is 6.74. The second-order valence-corrected chi connectivity index (χ2v) is 11.2. The molecule has 0 bridgehead atoms. The van der Waals surface area contributed by atoms with E-state index < -0.39 is 8.32 Å². The van der Waals surface area contributed by atoms with Gasteiger partial charge in [0.25, 0.3) is 0 Å². The van der Waals surface area contributed by atoms with E-state index in [0.29, 0.717) is 12.3 Å². The SMILES string of the molecule is CN1CC(CO[Si](C)(C)C(C)(C)C)CC1=O. The first-order valence-electron chi connectivity index (χ1n) is 6.01. The van der Waals surface area contributed by atoms with E-state index in [2.05, 4.69) is 33.9 Å². The van der Waals surface area contributed by atoms with Crippen LogP contribution in [0.5, 0.6) is 0 Å². The highest BCUT2D eigenvalue weighted by atomic mass is 28.4. The smallest absolute Gasteiger partial charge is 0.222 e. The quantitative estimate of drug-likeness (QED) is 0.713. The number of rotatable bonds is 3. The van der Waals surface area contributed by atoms with Gasteiger partial charge in [0.1, 0.15) is 0 Å². The molecule has 0 aromatic rings. The van der Waals surface area contributed by atoms with Gasteiger partial charge in [-0.25, -0.2) is 0 Å². The van der Waals surface area contributed by atoms with Crippen molar-refractivity contribution < 1.29 is 9.22 Å². The van der Waals surface area contributed by atoms with Crippen molar-refractivity contribution in [1.29, 1.82) is 0 Å². The summed E-state index contributed by atoms with van der Waals surface area (Å²) in [5.41, 5.74) is 0. The average molecular weight is 243 g/mol. The van der Waals surface area contributed by atoms with Crippen LogP contribution in [0.15, 0.2) is 0 Å². The average Bonchev–Trinajstić information content (AvgIpc) is 2.41. The zero-order valence-electron chi connectivity index (χ0n) is 11.5. The number of carbonyl (C=O) groups excluding carboxylic acids is 1. The van der Waals surface area contributed by atoms with Crippen molar-refractivity contribution in [3.8, 4) is 0 Å². The van der Waals surface area contributed by atoms with Crippen molar-refractivity contribution in [1.82, 2.24) is 4.90 Å². The second-order valence-electron chi connectivity index (χ2n) is 6.42. The maximum absolute atomic E-state index is 11.4. The molecule has 1 rings (SSSR count). The van der Waals surface area contributed by atoms with Gasteiger partial charge in [0.2, 0.25) is 5.91 Å². The van der Waals surface area contributed by atoms with Gasteiger partial charge in [-0.3, -0.25) is 4.79 Å². The van der Waals surface area contributed by atoms with E-state index >= 15 is 0 Å². The lowest BCUT2D eigenvalue weighted by molar-refractivity contribution is -0.126. The number of carbonyl (C=O) groups is 1. The van der Waals surface area contributed by atoms with Crippen LogP contribution >= 0.6 is 0 Å². The number of hydrogen-bond donors (Lipinski definition) is 0. The van der Waals surface area contributed by atoms with Gasteiger partial charge < -0.3 is 9.33 Å². The summed E-state index contributed by atoms with van der Waals surface area (Å²) in [4.78, 5) is 13.2. The molecule has 0 N–H and O–H groups in total. The van der Waals surface area contributed by atoms with Crippen LogP contribution in [0.1, 0.15) is 27.2 Å². The van der Waals surface area contributed by atoms with Crippen LogP contribution < -0.4 is 0 Å². The Morgan fingerprint density at radius 2 is 2.00 bits per heavy atom. The van der Waals surface area contributed by atoms with Gasteiger partial charge >= 0.3 is 0 Å². The minimum Gasteiger partial charge on any atom is -0.416 e. The fourth-order valence-corrected chi connectivity index (χ4v) is 2.70. The van der Waals surface area contributed by atoms with Crippen LogP contribution in [-0.4, -0.2) is 39.3 Å². The lowest BCUT2D eigenvalue weighted by atomic mass is 10.1. The molecule has 0 spiro atoms. The maximum Gasteiger partial charge on any atom is 0.222 e. The molecule has 0 aliphatic carbocycles. The third kappa shape index (κ3) is 3.07. The van der Waals surface area contributed by atoms with Gasteiger partial charge in [-0.1, -0.05) is 20.8 Å². The van der Waals surface area contributed by atoms with Crippen molar-refractivity contribution in [2.24, 2.45) is 5.92 Å². The predicted molar refractivity (Wildman–Crippen MR) is 68.9 cm³/mol. The lowest BCUT2D eigenvalue weighted by Gasteiger charge is -2.36. The molecule has 1 heterocycles. The lowest BCUT2D eigenvalue weighted by Crippen LogP contribution is -2.42. The second kappa shape index (κ2) is 4.49. The van der Waals surface area contributed by atoms with Crippen molar-refractivity contribution in [3.63, 3.8) is 0 Å². The highest BCUT2D eigenvalue weighted by Crippen LogP contribution is 2.37. The number of hydrogen-bond acceptors (Lipinski definition) is 2. The molecule has 1 atom stereocenters. The molecule has 0 radical (unpaired) electrons. The zero-order valence-corrected chi connectivity index (χ0v) is 12.5. The Kier molecular flexibility index (Phi) is 3.85. The molecule has 16 heavy (non-hydrogen) atoms. The molecule has 1 unspecified atom stereocenters. The first-order valence-corrected chi connectivity index (χ1v) is 8.92. The standard InChI is InChI=1S/C12H25NO2Si/c1-12(2,3)16(5,6)15-9-10-7-11(14)13(4)8-10/h10H,7-9H2,1-6H3. The summed E-state index contributed by atoms with van der Waals surface area (Å²) < 4.78 is 6.13. The summed E-state index contributed by atoms with van der Waals surface area (Å²) in [7, 11) is 0.223. The Labute approximate surface area is 100 Å². The van der Waals surface area contributed by atoms with Crippen molar-refractivity contribution in [2.75, 3.05) is 20.2 Å². The minimum absolute atomic E-state index is 0.252. The first kappa shape index (κ1) is 13.7. The maximum atomic E-state index is 11.4. The third-order valence-corrected chi connectivity index (χ3v) is 8.41. The molecular weight excluding hydrogens is 218 g/mol. The van der Waals surface area contributed by atoms with Crippen molar-refractivity contribution >= 4 is 14.2 Å². The first-order chi connectivity index (χ1) is 7.13. The Balaban J connectivity index is 2.44. The van der Waals surface area contributed by atoms with E-state index in [9.17, 15) is 4.79 Å². The molecule has 94 valence electrons. The molecule has 1 fully saturated rings. The predicted octanol–water partition coefficient (Wildman–Crippen LogP) is 2.49. The third-order valence-electron chi connectivity index (χ3n) is 3.91. The zero-order chi connectivity index (χ0) is 12.6. The fourth-order valence-electron chi connectivity index (χ4n) is 1.61. The van der Waals surface area contributed by atoms with Crippen LogP contribution in [0.2, 0.25) is 18.1 Å². The summed E-state index contributed by atoms with van der Waals surface area (Å²) in [6.07, 6.45) is 0.658. The molecule has 0 aromatic carbocycles. The molecule has 0 saturated carbocycles. The Hall–Kier alpha value is -0.353. The summed E-state index contributed by atoms with van der Waals surface area (Å²) in [5, 5.41) is 0.252. The van der Waals surface area contributed by atoms with Gasteiger partial charge in [0.05, 0.1) is 0 Å². The van der Waals surface area contributed by atoms with Gasteiger partial charge in [0.15, 0.2) is 8.32 Å². The normalized spacial score (nSPS) is 23.0. The van der Waals surface area contributed by atoms with Gasteiger partial charge in [0, 0.05) is 32.5 Å². The van der Waals surface area contributed by atoms with E-state index in [-0.39, 0.29) is 10.9 Å². The minimum atomic E-state index is -1.65. The molecule has 1 amide bonds. The molecule has 1 aliphatic heterocycles. The van der Waals surface area contributed by atoms with E-state index in [1.54, 1.807) is 4.90 Å². The summed E-state index contributed by atoms with van der Waals surface area (Å²) >= 11 is 0. The largest absolute Gasteiger partial charge is 0.416 e. The molecule has 0 aromatic heterocycles. The summed E-state index contributed by atoms with van der Waals surface area (Å²) in [5.74, 6) is 0.649. The van der Waals surface area contributed by atoms with Gasteiger partial charge in [-0.2, -0.15) is 0 Å². The van der Waals surface area contributed by atoms with Crippen LogP contribution in [0, 0.1) is 5.92 Å². The molecule has 1 aliphatic rings. The number of likely N-dealkylation sites (tertiary alicyclic amines) is 1. The molecule has 4 heteroatoms. The molecule has 1 saturated heterocycles. The molecule has 3 nitrogen and oxygen atoms in total. The van der Waals surface area contributed by atoms with Crippen LogP contribution in [0.25, 0.3) is 0 Å². The molecular formula is C12H25NO2Si. The fraction of sp³-hybridized carbons (Fsp3) is 0.917. The Morgan fingerprint density at radius 3 is 2.38 bits per heavy atom. The monoisotopic (exact) mass is 243 g/mol. The van der Waals surface area contributed by atoms with E-state index in [1.165, 1.54) is 0 Å². The van der Waals surface area contributed by atoms with Crippen LogP contribution in [0.4, 0.5) is 0 Å². The summed E-state index contributed by atoms with van der Waals surface area (Å²) in [6, 6.07) is 0. The Morgan fingerprint density at radius 1 is 1.44 bits per heavy atom. The van der Waals surface area contributed by atoms with Gasteiger partial charge in [-0.15, -0.1) is 0 Å². The summed E-state index contributed by atoms with van der Waals surface area (Å²) in [6.45, 7) is 12.8. The van der Waals surface area contributed by atoms with E-state index in [4.69, 9.17) is 4.43 Å². The van der Waals surface area contributed by atoms with E-state index in [0.717, 1.165) is 13.2 Å². The van der Waals surface area contributed by atoms with Gasteiger partial charge in [-0.05, 0) is 18.1 Å².